The largest absolute Gasteiger partial charge is 3.00 e. The molecule has 0 spiro atoms. The van der Waals surface area contributed by atoms with Crippen LogP contribution in [0.2, 0.25) is 24.2 Å². The van der Waals surface area contributed by atoms with Crippen LogP contribution in [-0.4, -0.2) is 42.8 Å². The molecule has 10 rings (SSSR count). The number of benzene rings is 6. The van der Waals surface area contributed by atoms with Gasteiger partial charge in [0.05, 0.1) is 183 Å². The van der Waals surface area contributed by atoms with E-state index in [4.69, 9.17) is 0 Å². The molecule has 0 bridgehead atoms. The Morgan fingerprint density at radius 3 is 0.539 bits per heavy atom. The molecule has 0 N–H and O–H groups in total. The van der Waals surface area contributed by atoms with Crippen LogP contribution in [0.25, 0.3) is 0 Å². The number of halogens is 30. The Morgan fingerprint density at radius 1 is 0.236 bits per heavy atom. The van der Waals surface area contributed by atoms with Crippen LogP contribution in [-0.2, 0) is 0 Å². The van der Waals surface area contributed by atoms with E-state index in [9.17, 15) is 132 Å². The fraction of sp³-hybridized carbons (Fsp3) is 0.214. The van der Waals surface area contributed by atoms with Gasteiger partial charge < -0.3 is 0 Å². The third kappa shape index (κ3) is 18.8. The molecule has 0 aliphatic heterocycles. The maximum absolute atomic E-state index is 12.0. The van der Waals surface area contributed by atoms with Crippen molar-refractivity contribution in [1.82, 2.24) is 0 Å². The fourth-order valence-electron chi connectivity index (χ4n) is 8.89. The summed E-state index contributed by atoms with van der Waals surface area (Å²) in [4.78, 5) is 0. The number of rotatable bonds is 2. The van der Waals surface area contributed by atoms with E-state index in [1.54, 1.807) is 0 Å². The van der Waals surface area contributed by atoms with E-state index in [2.05, 4.69) is 61.7 Å². The van der Waals surface area contributed by atoms with Crippen LogP contribution >= 0.6 is 0 Å². The number of hydrogen-bond donors (Lipinski definition) is 0. The Morgan fingerprint density at radius 2 is 0.382 bits per heavy atom. The predicted octanol–water partition coefficient (Wildman–Crippen LogP) is 18.1. The number of hydrogen-bond acceptors (Lipinski definition) is 0. The molecule has 2 saturated carbocycles. The van der Waals surface area contributed by atoms with Crippen LogP contribution in [0.15, 0.2) is 48.6 Å². The van der Waals surface area contributed by atoms with Crippen LogP contribution in [0.3, 0.4) is 0 Å². The first-order chi connectivity index (χ1) is 40.4. The minimum atomic E-state index is -2.17. The van der Waals surface area contributed by atoms with Crippen LogP contribution in [0, 0.1) is 235 Å². The van der Waals surface area contributed by atoms with Crippen molar-refractivity contribution in [3.63, 3.8) is 0 Å². The van der Waals surface area contributed by atoms with Crippen molar-refractivity contribution < 1.29 is 132 Å². The maximum Gasteiger partial charge on any atom is 3.00 e. The van der Waals surface area contributed by atoms with E-state index in [-0.39, 0.29) is 34.7 Å². The van der Waals surface area contributed by atoms with Gasteiger partial charge in [-0.2, -0.15) is 0 Å². The molecule has 6 unspecified atom stereocenters. The summed E-state index contributed by atoms with van der Waals surface area (Å²) in [6.45, 7) is 5.43. The molecule has 33 heteroatoms. The fourth-order valence-corrected chi connectivity index (χ4v) is 14.0. The zero-order valence-electron chi connectivity index (χ0n) is 43.9. The van der Waals surface area contributed by atoms with E-state index in [0.29, 0.717) is 0 Å². The molecule has 0 nitrogen and oxygen atoms in total. The van der Waals surface area contributed by atoms with Gasteiger partial charge in [0, 0.05) is 0 Å². The Bertz CT molecular complexity index is 2930. The van der Waals surface area contributed by atoms with Gasteiger partial charge in [-0.25, -0.2) is 79.0 Å². The standard InChI is InChI=1S/C20H28Si.6C6F5.2Al/c1-21(2,19-13-11-15-7-3-5-9-17(15)19)20-14-12-16-8-4-6-10-18(16)20;6*7-2-1-3(8)5(10)6(11)4(2)9;;/h3-10,15-20H,11-14H2,1-2H3;;;;;;;;/q;6*-1;2*+3. The van der Waals surface area contributed by atoms with Crippen LogP contribution in [0.4, 0.5) is 132 Å². The monoisotopic (exact) mass is 1350 g/mol. The summed E-state index contributed by atoms with van der Waals surface area (Å²) >= 11 is 0. The zero-order valence-corrected chi connectivity index (χ0v) is 47.2. The third-order valence-electron chi connectivity index (χ3n) is 13.0. The molecular weight excluding hydrogens is 1320 g/mol. The molecule has 0 saturated heterocycles. The third-order valence-corrected chi connectivity index (χ3v) is 18.2. The second-order valence-corrected chi connectivity index (χ2v) is 23.5. The average molecular weight is 1350 g/mol. The van der Waals surface area contributed by atoms with Gasteiger partial charge in [-0.3, -0.25) is 52.7 Å². The van der Waals surface area contributed by atoms with Gasteiger partial charge in [0.25, 0.3) is 0 Å². The van der Waals surface area contributed by atoms with Gasteiger partial charge in [-0.1, -0.05) is 74.5 Å². The van der Waals surface area contributed by atoms with Gasteiger partial charge in [-0.05, 0) is 47.6 Å². The van der Waals surface area contributed by atoms with Crippen LogP contribution in [0.5, 0.6) is 0 Å². The molecular formula is C56H28Al2F30Si. The normalized spacial score (nSPS) is 18.0. The molecule has 472 valence electrons. The van der Waals surface area contributed by atoms with Gasteiger partial charge >= 0.3 is 34.7 Å². The van der Waals surface area contributed by atoms with Crippen molar-refractivity contribution in [3.8, 4) is 0 Å². The molecule has 6 aromatic rings. The molecule has 4 aliphatic rings. The van der Waals surface area contributed by atoms with Crippen molar-refractivity contribution in [1.29, 1.82) is 0 Å². The summed E-state index contributed by atoms with van der Waals surface area (Å²) in [6.07, 6.45) is 25.1. The molecule has 6 aromatic carbocycles. The second-order valence-electron chi connectivity index (χ2n) is 18.4. The van der Waals surface area contributed by atoms with E-state index in [1.807, 2.05) is 0 Å². The molecule has 0 radical (unpaired) electrons. The summed E-state index contributed by atoms with van der Waals surface area (Å²) in [5.41, 5.74) is 2.01. The summed E-state index contributed by atoms with van der Waals surface area (Å²) < 4.78 is 359. The molecule has 6 atom stereocenters. The van der Waals surface area contributed by atoms with Crippen molar-refractivity contribution in [2.45, 2.75) is 49.9 Å². The Hall–Kier alpha value is -6.54. The van der Waals surface area contributed by atoms with Crippen LogP contribution in [0.1, 0.15) is 25.7 Å². The number of allylic oxidation sites excluding steroid dienone is 8. The van der Waals surface area contributed by atoms with E-state index in [1.165, 1.54) is 25.7 Å². The SMILES string of the molecule is C[Si](C)(C1CCC2C=CC=CC21)C1CCC2C=CC=CC21.Fc1[c-]c(F)c(F)c(F)c1F.Fc1[c-]c(F)c(F)c(F)c1F.Fc1[c-]c(F)c(F)c(F)c1F.Fc1[c-]c(F)c(F)c(F)c1F.Fc1[c-]c(F)c(F)c(F)c1F.Fc1[c-]c(F)c(F)c(F)c1F.[Al+3].[Al+3]. The van der Waals surface area contributed by atoms with E-state index in [0.717, 1.165) is 71.2 Å². The summed E-state index contributed by atoms with van der Waals surface area (Å²) in [5.74, 6) is -56.9. The quantitative estimate of drug-likeness (QED) is 0.0533. The van der Waals surface area contributed by atoms with Crippen molar-refractivity contribution >= 4 is 42.8 Å². The van der Waals surface area contributed by atoms with E-state index < -0.39 is 183 Å². The van der Waals surface area contributed by atoms with Gasteiger partial charge in [0.2, 0.25) is 0 Å². The first kappa shape index (κ1) is 78.6. The minimum Gasteiger partial charge on any atom is -0.278 e. The van der Waals surface area contributed by atoms with Crippen molar-refractivity contribution in [2.24, 2.45) is 23.7 Å². The molecule has 89 heavy (non-hydrogen) atoms. The van der Waals surface area contributed by atoms with Gasteiger partial charge in [0.1, 0.15) is 0 Å². The van der Waals surface area contributed by atoms with Gasteiger partial charge in [-0.15, -0.1) is 36.4 Å². The molecule has 0 amide bonds. The van der Waals surface area contributed by atoms with Crippen molar-refractivity contribution in [3.05, 3.63) is 260 Å². The first-order valence-electron chi connectivity index (χ1n) is 23.5. The summed E-state index contributed by atoms with van der Waals surface area (Å²) in [6, 6.07) is 6.15. The molecule has 4 aliphatic carbocycles. The van der Waals surface area contributed by atoms with Crippen LogP contribution < -0.4 is 0 Å². The second kappa shape index (κ2) is 33.5. The minimum absolute atomic E-state index is 0. The summed E-state index contributed by atoms with van der Waals surface area (Å²) in [7, 11) is -1.22. The molecule has 2 fully saturated rings. The summed E-state index contributed by atoms with van der Waals surface area (Å²) in [5, 5.41) is 0. The Balaban J connectivity index is 0.000000360. The predicted molar refractivity (Wildman–Crippen MR) is 256 cm³/mol. The molecule has 0 aromatic heterocycles. The topological polar surface area (TPSA) is 0 Å². The average Bonchev–Trinajstić information content (AvgIpc) is 1.77. The Labute approximate surface area is 505 Å². The van der Waals surface area contributed by atoms with Crippen molar-refractivity contribution in [2.75, 3.05) is 0 Å². The smallest absolute Gasteiger partial charge is 0.278 e. The zero-order chi connectivity index (χ0) is 66.0. The Kier molecular flexibility index (Phi) is 29.6. The maximum atomic E-state index is 12.0. The number of fused-ring (bicyclic) bond motifs is 2. The first-order valence-corrected chi connectivity index (χ1v) is 26.7. The van der Waals surface area contributed by atoms with Gasteiger partial charge in [0.15, 0.2) is 0 Å². The van der Waals surface area contributed by atoms with E-state index >= 15 is 0 Å². The molecule has 0 heterocycles.